The molecule has 0 atom stereocenters. The van der Waals surface area contributed by atoms with E-state index in [1.54, 1.807) is 6.07 Å². The SMILES string of the molecule is O=CNc1cc(F)ccc1N1CCN(CCO)CC1. The Balaban J connectivity index is 2.08. The molecule has 0 bridgehead atoms. The van der Waals surface area contributed by atoms with Gasteiger partial charge >= 0.3 is 0 Å². The highest BCUT2D eigenvalue weighted by Crippen LogP contribution is 2.27. The van der Waals surface area contributed by atoms with Crippen LogP contribution in [-0.4, -0.2) is 55.7 Å². The van der Waals surface area contributed by atoms with Gasteiger partial charge in [-0.1, -0.05) is 0 Å². The van der Waals surface area contributed by atoms with E-state index in [4.69, 9.17) is 5.11 Å². The number of β-amino-alcohol motifs (C(OH)–C–C–N with tert-alkyl or cyclic N) is 1. The zero-order valence-electron chi connectivity index (χ0n) is 10.7. The molecule has 0 radical (unpaired) electrons. The topological polar surface area (TPSA) is 55.8 Å². The normalized spacial score (nSPS) is 16.4. The van der Waals surface area contributed by atoms with Gasteiger partial charge in [-0.2, -0.15) is 0 Å². The maximum Gasteiger partial charge on any atom is 0.211 e. The highest BCUT2D eigenvalue weighted by atomic mass is 19.1. The minimum atomic E-state index is -0.369. The fraction of sp³-hybridized carbons (Fsp3) is 0.462. The summed E-state index contributed by atoms with van der Waals surface area (Å²) in [5.74, 6) is -0.369. The lowest BCUT2D eigenvalue weighted by Crippen LogP contribution is -2.47. The van der Waals surface area contributed by atoms with Crippen LogP contribution in [0.25, 0.3) is 0 Å². The number of halogens is 1. The number of anilines is 2. The van der Waals surface area contributed by atoms with E-state index in [2.05, 4.69) is 15.1 Å². The Kier molecular flexibility index (Phi) is 4.70. The molecule has 0 saturated carbocycles. The number of carbonyl (C=O) groups is 1. The van der Waals surface area contributed by atoms with Crippen LogP contribution in [0.5, 0.6) is 0 Å². The van der Waals surface area contributed by atoms with Gasteiger partial charge in [0.15, 0.2) is 0 Å². The Bertz CT molecular complexity index is 434. The lowest BCUT2D eigenvalue weighted by Gasteiger charge is -2.36. The first-order valence-corrected chi connectivity index (χ1v) is 6.32. The summed E-state index contributed by atoms with van der Waals surface area (Å²) in [5.41, 5.74) is 1.32. The lowest BCUT2D eigenvalue weighted by atomic mass is 10.2. The number of carbonyl (C=O) groups excluding carboxylic acids is 1. The molecule has 1 heterocycles. The molecule has 1 fully saturated rings. The molecule has 0 unspecified atom stereocenters. The van der Waals surface area contributed by atoms with Gasteiger partial charge in [0.25, 0.3) is 0 Å². The van der Waals surface area contributed by atoms with Crippen LogP contribution in [-0.2, 0) is 4.79 Å². The van der Waals surface area contributed by atoms with E-state index in [9.17, 15) is 9.18 Å². The number of rotatable bonds is 5. The van der Waals surface area contributed by atoms with E-state index in [0.717, 1.165) is 31.9 Å². The van der Waals surface area contributed by atoms with Crippen LogP contribution >= 0.6 is 0 Å². The number of nitrogens with one attached hydrogen (secondary N) is 1. The van der Waals surface area contributed by atoms with Crippen molar-refractivity contribution in [3.05, 3.63) is 24.0 Å². The number of amides is 1. The molecule has 1 aromatic rings. The molecule has 0 spiro atoms. The highest BCUT2D eigenvalue weighted by Gasteiger charge is 2.19. The molecular weight excluding hydrogens is 249 g/mol. The Labute approximate surface area is 111 Å². The van der Waals surface area contributed by atoms with Crippen molar-refractivity contribution in [1.82, 2.24) is 4.90 Å². The van der Waals surface area contributed by atoms with Crippen LogP contribution in [0.3, 0.4) is 0 Å². The number of nitrogens with zero attached hydrogens (tertiary/aromatic N) is 2. The van der Waals surface area contributed by atoms with Gasteiger partial charge in [0.1, 0.15) is 5.82 Å². The molecule has 2 rings (SSSR count). The summed E-state index contributed by atoms with van der Waals surface area (Å²) >= 11 is 0. The van der Waals surface area contributed by atoms with Gasteiger partial charge < -0.3 is 15.3 Å². The van der Waals surface area contributed by atoms with Crippen molar-refractivity contribution in [3.8, 4) is 0 Å². The molecule has 104 valence electrons. The maximum absolute atomic E-state index is 13.2. The third-order valence-electron chi connectivity index (χ3n) is 3.30. The summed E-state index contributed by atoms with van der Waals surface area (Å²) in [6.07, 6.45) is 0.556. The van der Waals surface area contributed by atoms with E-state index in [-0.39, 0.29) is 12.4 Å². The van der Waals surface area contributed by atoms with Crippen molar-refractivity contribution in [2.24, 2.45) is 0 Å². The third-order valence-corrected chi connectivity index (χ3v) is 3.30. The molecular formula is C13H18FN3O2. The van der Waals surface area contributed by atoms with Gasteiger partial charge in [-0.3, -0.25) is 9.69 Å². The second kappa shape index (κ2) is 6.49. The number of hydrogen-bond acceptors (Lipinski definition) is 4. The summed E-state index contributed by atoms with van der Waals surface area (Å²) in [7, 11) is 0. The van der Waals surface area contributed by atoms with E-state index >= 15 is 0 Å². The van der Waals surface area contributed by atoms with Crippen LogP contribution in [0.15, 0.2) is 18.2 Å². The minimum absolute atomic E-state index is 0.161. The highest BCUT2D eigenvalue weighted by molar-refractivity contribution is 5.81. The van der Waals surface area contributed by atoms with Gasteiger partial charge in [0, 0.05) is 32.7 Å². The largest absolute Gasteiger partial charge is 0.395 e. The summed E-state index contributed by atoms with van der Waals surface area (Å²) in [5, 5.41) is 11.4. The Hall–Kier alpha value is -1.66. The monoisotopic (exact) mass is 267 g/mol. The number of aliphatic hydroxyl groups excluding tert-OH is 1. The van der Waals surface area contributed by atoms with Crippen LogP contribution in [0.4, 0.5) is 15.8 Å². The van der Waals surface area contributed by atoms with E-state index in [1.165, 1.54) is 12.1 Å². The zero-order valence-corrected chi connectivity index (χ0v) is 10.7. The van der Waals surface area contributed by atoms with Crippen molar-refractivity contribution in [1.29, 1.82) is 0 Å². The maximum atomic E-state index is 13.2. The molecule has 1 aromatic carbocycles. The Morgan fingerprint density at radius 3 is 2.68 bits per heavy atom. The van der Waals surface area contributed by atoms with Gasteiger partial charge in [-0.05, 0) is 18.2 Å². The third kappa shape index (κ3) is 3.42. The smallest absolute Gasteiger partial charge is 0.211 e. The molecule has 5 nitrogen and oxygen atoms in total. The van der Waals surface area contributed by atoms with E-state index in [0.29, 0.717) is 18.6 Å². The van der Waals surface area contributed by atoms with E-state index in [1.807, 2.05) is 0 Å². The number of hydrogen-bond donors (Lipinski definition) is 2. The standard InChI is InChI=1S/C13H18FN3O2/c14-11-1-2-13(12(9-11)15-10-19)17-5-3-16(4-6-17)7-8-18/h1-2,9-10,18H,3-8H2,(H,15,19). The summed E-state index contributed by atoms with van der Waals surface area (Å²) in [6, 6.07) is 4.40. The van der Waals surface area contributed by atoms with Crippen LogP contribution in [0.1, 0.15) is 0 Å². The average molecular weight is 267 g/mol. The van der Waals surface area contributed by atoms with Crippen LogP contribution in [0.2, 0.25) is 0 Å². The number of benzene rings is 1. The van der Waals surface area contributed by atoms with Crippen LogP contribution < -0.4 is 10.2 Å². The molecule has 1 amide bonds. The molecule has 19 heavy (non-hydrogen) atoms. The van der Waals surface area contributed by atoms with Crippen molar-refractivity contribution in [3.63, 3.8) is 0 Å². The zero-order chi connectivity index (χ0) is 13.7. The second-order valence-electron chi connectivity index (χ2n) is 4.48. The number of piperazine rings is 1. The molecule has 2 N–H and O–H groups in total. The predicted octanol–water partition coefficient (Wildman–Crippen LogP) is 0.508. The predicted molar refractivity (Wildman–Crippen MR) is 71.8 cm³/mol. The van der Waals surface area contributed by atoms with Gasteiger partial charge in [-0.25, -0.2) is 4.39 Å². The van der Waals surface area contributed by atoms with Crippen molar-refractivity contribution < 1.29 is 14.3 Å². The Morgan fingerprint density at radius 2 is 2.05 bits per heavy atom. The first kappa shape index (κ1) is 13.8. The number of aliphatic hydroxyl groups is 1. The Morgan fingerprint density at radius 1 is 1.32 bits per heavy atom. The molecule has 6 heteroatoms. The molecule has 0 aliphatic carbocycles. The molecule has 1 saturated heterocycles. The summed E-state index contributed by atoms with van der Waals surface area (Å²) < 4.78 is 13.2. The average Bonchev–Trinajstić information content (AvgIpc) is 2.41. The summed E-state index contributed by atoms with van der Waals surface area (Å²) in [4.78, 5) is 14.9. The fourth-order valence-electron chi connectivity index (χ4n) is 2.32. The molecule has 0 aromatic heterocycles. The second-order valence-corrected chi connectivity index (χ2v) is 4.48. The van der Waals surface area contributed by atoms with Gasteiger partial charge in [-0.15, -0.1) is 0 Å². The van der Waals surface area contributed by atoms with Crippen molar-refractivity contribution in [2.45, 2.75) is 0 Å². The summed E-state index contributed by atoms with van der Waals surface area (Å²) in [6.45, 7) is 4.11. The first-order valence-electron chi connectivity index (χ1n) is 6.32. The van der Waals surface area contributed by atoms with Crippen LogP contribution in [0, 0.1) is 5.82 Å². The van der Waals surface area contributed by atoms with E-state index < -0.39 is 0 Å². The minimum Gasteiger partial charge on any atom is -0.395 e. The lowest BCUT2D eigenvalue weighted by molar-refractivity contribution is -0.105. The molecule has 1 aliphatic rings. The van der Waals surface area contributed by atoms with Crippen molar-refractivity contribution in [2.75, 3.05) is 49.5 Å². The fourth-order valence-corrected chi connectivity index (χ4v) is 2.32. The first-order chi connectivity index (χ1) is 9.24. The molecule has 1 aliphatic heterocycles. The van der Waals surface area contributed by atoms with Gasteiger partial charge in [0.05, 0.1) is 18.0 Å². The van der Waals surface area contributed by atoms with Crippen molar-refractivity contribution >= 4 is 17.8 Å². The van der Waals surface area contributed by atoms with Gasteiger partial charge in [0.2, 0.25) is 6.41 Å². The quantitative estimate of drug-likeness (QED) is 0.763.